The summed E-state index contributed by atoms with van der Waals surface area (Å²) in [6, 6.07) is 18.0. The van der Waals surface area contributed by atoms with Crippen LogP contribution in [-0.2, 0) is 0 Å². The van der Waals surface area contributed by atoms with Gasteiger partial charge in [-0.25, -0.2) is 9.37 Å². The Kier molecular flexibility index (Phi) is 8.08. The van der Waals surface area contributed by atoms with Crippen LogP contribution in [0.3, 0.4) is 0 Å². The van der Waals surface area contributed by atoms with Crippen LogP contribution in [0.5, 0.6) is 5.75 Å². The molecule has 1 amide bonds. The van der Waals surface area contributed by atoms with Gasteiger partial charge in [0.15, 0.2) is 0 Å². The van der Waals surface area contributed by atoms with Crippen LogP contribution in [0.15, 0.2) is 60.7 Å². The molecule has 2 saturated heterocycles. The largest absolute Gasteiger partial charge is 0.492 e. The van der Waals surface area contributed by atoms with E-state index in [1.165, 1.54) is 12.1 Å². The number of piperidine rings is 1. The van der Waals surface area contributed by atoms with Gasteiger partial charge in [0.25, 0.3) is 5.91 Å². The van der Waals surface area contributed by atoms with Crippen molar-refractivity contribution in [3.8, 4) is 17.0 Å². The normalized spacial score (nSPS) is 18.0. The quantitative estimate of drug-likeness (QED) is 0.498. The average Bonchev–Trinajstić information content (AvgIpc) is 2.97. The lowest BCUT2D eigenvalue weighted by Gasteiger charge is -2.38. The third-order valence-corrected chi connectivity index (χ3v) is 7.39. The van der Waals surface area contributed by atoms with Crippen molar-refractivity contribution in [2.75, 3.05) is 62.3 Å². The van der Waals surface area contributed by atoms with Crippen LogP contribution in [0.2, 0.25) is 0 Å². The molecule has 0 radical (unpaired) electrons. The molecule has 2 aliphatic rings. The second-order valence-corrected chi connectivity index (χ2v) is 9.89. The van der Waals surface area contributed by atoms with Crippen LogP contribution in [0, 0.1) is 11.7 Å². The third kappa shape index (κ3) is 5.60. The number of para-hydroxylation sites is 2. The molecule has 2 aliphatic heterocycles. The van der Waals surface area contributed by atoms with E-state index < -0.39 is 0 Å². The summed E-state index contributed by atoms with van der Waals surface area (Å²) >= 11 is 0. The first-order valence-electron chi connectivity index (χ1n) is 13.5. The molecule has 0 bridgehead atoms. The monoisotopic (exact) mass is 518 g/mol. The topological polar surface area (TPSA) is 69.1 Å². The Morgan fingerprint density at radius 3 is 2.50 bits per heavy atom. The number of rotatable bonds is 7. The molecule has 2 aromatic carbocycles. The second-order valence-electron chi connectivity index (χ2n) is 9.89. The molecule has 0 aliphatic carbocycles. The molecule has 2 fully saturated rings. The molecule has 3 aromatic rings. The molecule has 0 saturated carbocycles. The molecular weight excluding hydrogens is 483 g/mol. The molecule has 5 rings (SSSR count). The third-order valence-electron chi connectivity index (χ3n) is 7.39. The fraction of sp³-hybridized carbons (Fsp3) is 0.400. The van der Waals surface area contributed by atoms with Crippen molar-refractivity contribution in [3.05, 3.63) is 72.0 Å². The Morgan fingerprint density at radius 1 is 1.00 bits per heavy atom. The molecule has 1 aromatic heterocycles. The van der Waals surface area contributed by atoms with Crippen LogP contribution < -0.4 is 14.5 Å². The first kappa shape index (κ1) is 26.0. The first-order valence-corrected chi connectivity index (χ1v) is 13.5. The molecule has 1 N–H and O–H groups in total. The summed E-state index contributed by atoms with van der Waals surface area (Å²) in [7, 11) is 0. The van der Waals surface area contributed by atoms with Crippen molar-refractivity contribution < 1.29 is 19.0 Å². The van der Waals surface area contributed by atoms with Crippen molar-refractivity contribution in [1.29, 1.82) is 0 Å². The number of anilines is 2. The van der Waals surface area contributed by atoms with E-state index in [9.17, 15) is 14.3 Å². The molecule has 0 spiro atoms. The number of pyridine rings is 1. The summed E-state index contributed by atoms with van der Waals surface area (Å²) in [5.74, 6) is 1.31. The van der Waals surface area contributed by atoms with Gasteiger partial charge >= 0.3 is 0 Å². The number of aliphatic hydroxyl groups excluding tert-OH is 1. The van der Waals surface area contributed by atoms with Crippen molar-refractivity contribution in [1.82, 2.24) is 9.88 Å². The van der Waals surface area contributed by atoms with Crippen LogP contribution >= 0.6 is 0 Å². The van der Waals surface area contributed by atoms with Crippen LogP contribution in [0.25, 0.3) is 11.3 Å². The standard InChI is InChI=1S/C30H35FN4O3/c1-2-38-28-8-4-3-7-27(28)33-16-18-34(19-17-33)30(37)25-13-14-26(23-9-11-24(31)12-10-23)32-29(25)35-15-5-6-22(20-35)21-36/h3-4,7-14,22,36H,2,5-6,15-21H2,1H3. The molecule has 7 nitrogen and oxygen atoms in total. The van der Waals surface area contributed by atoms with E-state index in [1.54, 1.807) is 12.1 Å². The maximum Gasteiger partial charge on any atom is 0.257 e. The van der Waals surface area contributed by atoms with E-state index in [1.807, 2.05) is 42.2 Å². The van der Waals surface area contributed by atoms with Crippen LogP contribution in [0.1, 0.15) is 30.1 Å². The van der Waals surface area contributed by atoms with Gasteiger partial charge in [0.05, 0.1) is 23.6 Å². The van der Waals surface area contributed by atoms with Crippen molar-refractivity contribution >= 4 is 17.4 Å². The van der Waals surface area contributed by atoms with Crippen LogP contribution in [-0.4, -0.2) is 73.4 Å². The Morgan fingerprint density at radius 2 is 1.76 bits per heavy atom. The Bertz CT molecular complexity index is 1240. The average molecular weight is 519 g/mol. The fourth-order valence-electron chi connectivity index (χ4n) is 5.36. The summed E-state index contributed by atoms with van der Waals surface area (Å²) in [5.41, 5.74) is 3.11. The molecule has 38 heavy (non-hydrogen) atoms. The van der Waals surface area contributed by atoms with Gasteiger partial charge in [-0.3, -0.25) is 4.79 Å². The predicted octanol–water partition coefficient (Wildman–Crippen LogP) is 4.46. The molecule has 8 heteroatoms. The van der Waals surface area contributed by atoms with Crippen LogP contribution in [0.4, 0.5) is 15.9 Å². The molecule has 3 heterocycles. The minimum Gasteiger partial charge on any atom is -0.492 e. The predicted molar refractivity (Wildman–Crippen MR) is 147 cm³/mol. The van der Waals surface area contributed by atoms with Gasteiger partial charge in [-0.15, -0.1) is 0 Å². The number of piperazine rings is 1. The summed E-state index contributed by atoms with van der Waals surface area (Å²) in [6.45, 7) is 6.73. The number of aromatic nitrogens is 1. The first-order chi connectivity index (χ1) is 18.6. The SMILES string of the molecule is CCOc1ccccc1N1CCN(C(=O)c2ccc(-c3ccc(F)cc3)nc2N2CCCC(CO)C2)CC1. The second kappa shape index (κ2) is 11.8. The van der Waals surface area contributed by atoms with Gasteiger partial charge in [-0.1, -0.05) is 12.1 Å². The number of carbonyl (C=O) groups excluding carboxylic acids is 1. The number of benzene rings is 2. The highest BCUT2D eigenvalue weighted by Gasteiger charge is 2.29. The van der Waals surface area contributed by atoms with E-state index in [4.69, 9.17) is 9.72 Å². The van der Waals surface area contributed by atoms with E-state index in [2.05, 4.69) is 15.9 Å². The number of carbonyl (C=O) groups is 1. The van der Waals surface area contributed by atoms with Gasteiger partial charge in [0, 0.05) is 51.4 Å². The van der Waals surface area contributed by atoms with Gasteiger partial charge in [-0.2, -0.15) is 0 Å². The van der Waals surface area contributed by atoms with E-state index in [-0.39, 0.29) is 24.2 Å². The Balaban J connectivity index is 1.39. The maximum atomic E-state index is 13.8. The van der Waals surface area contributed by atoms with Gasteiger partial charge in [-0.05, 0) is 74.2 Å². The van der Waals surface area contributed by atoms with Crippen molar-refractivity contribution in [3.63, 3.8) is 0 Å². The summed E-state index contributed by atoms with van der Waals surface area (Å²) < 4.78 is 19.3. The molecule has 200 valence electrons. The molecule has 1 unspecified atom stereocenters. The molecular formula is C30H35FN4O3. The smallest absolute Gasteiger partial charge is 0.257 e. The number of ether oxygens (including phenoxy) is 1. The summed E-state index contributed by atoms with van der Waals surface area (Å²) in [6.07, 6.45) is 1.89. The fourth-order valence-corrected chi connectivity index (χ4v) is 5.36. The van der Waals surface area contributed by atoms with E-state index >= 15 is 0 Å². The lowest BCUT2D eigenvalue weighted by Crippen LogP contribution is -2.49. The lowest BCUT2D eigenvalue weighted by molar-refractivity contribution is 0.0746. The van der Waals surface area contributed by atoms with Crippen molar-refractivity contribution in [2.45, 2.75) is 19.8 Å². The van der Waals surface area contributed by atoms with E-state index in [0.29, 0.717) is 56.4 Å². The Hall–Kier alpha value is -3.65. The summed E-state index contributed by atoms with van der Waals surface area (Å²) in [5, 5.41) is 9.80. The zero-order valence-electron chi connectivity index (χ0n) is 21.9. The minimum atomic E-state index is -0.300. The highest BCUT2D eigenvalue weighted by atomic mass is 19.1. The number of amides is 1. The highest BCUT2D eigenvalue weighted by Crippen LogP contribution is 2.31. The van der Waals surface area contributed by atoms with Crippen molar-refractivity contribution in [2.24, 2.45) is 5.92 Å². The number of halogens is 1. The van der Waals surface area contributed by atoms with Gasteiger partial charge in [0.2, 0.25) is 0 Å². The van der Waals surface area contributed by atoms with Gasteiger partial charge in [0.1, 0.15) is 17.4 Å². The lowest BCUT2D eigenvalue weighted by atomic mass is 9.98. The number of hydrogen-bond acceptors (Lipinski definition) is 6. The molecule has 1 atom stereocenters. The van der Waals surface area contributed by atoms with Gasteiger partial charge < -0.3 is 24.5 Å². The summed E-state index contributed by atoms with van der Waals surface area (Å²) in [4.78, 5) is 25.0. The number of aliphatic hydroxyl groups is 1. The zero-order valence-corrected chi connectivity index (χ0v) is 21.9. The van der Waals surface area contributed by atoms with E-state index in [0.717, 1.165) is 36.4 Å². The number of hydrogen-bond donors (Lipinski definition) is 1. The maximum absolute atomic E-state index is 13.8. The minimum absolute atomic E-state index is 0.0398. The Labute approximate surface area is 223 Å². The highest BCUT2D eigenvalue weighted by molar-refractivity contribution is 5.99. The zero-order chi connectivity index (χ0) is 26.5. The number of nitrogens with zero attached hydrogens (tertiary/aromatic N) is 4.